The number of aliphatic carboxylic acids is 1. The van der Waals surface area contributed by atoms with E-state index in [1.165, 1.54) is 19.3 Å². The van der Waals surface area contributed by atoms with Crippen molar-refractivity contribution in [2.24, 2.45) is 0 Å². The number of carboxylic acids is 1. The molecule has 2 aliphatic rings. The van der Waals surface area contributed by atoms with Crippen LogP contribution in [0.3, 0.4) is 0 Å². The molecule has 0 spiro atoms. The Morgan fingerprint density at radius 2 is 2.07 bits per heavy atom. The highest BCUT2D eigenvalue weighted by Crippen LogP contribution is 2.24. The smallest absolute Gasteiger partial charge is 0.326 e. The maximum absolute atomic E-state index is 11.3. The summed E-state index contributed by atoms with van der Waals surface area (Å²) in [7, 11) is 0. The number of hydrogen-bond donors (Lipinski definition) is 2. The standard InChI is InChI=1S/C11H19NO3/c13-10(14)11(6-7-15-8-11)12-9-4-2-1-3-5-9/h9,12H,1-8H2,(H,13,14). The van der Waals surface area contributed by atoms with Gasteiger partial charge in [0.05, 0.1) is 6.61 Å². The van der Waals surface area contributed by atoms with Gasteiger partial charge in [0.25, 0.3) is 0 Å². The predicted molar refractivity (Wildman–Crippen MR) is 55.8 cm³/mol. The summed E-state index contributed by atoms with van der Waals surface area (Å²) in [6.07, 6.45) is 6.53. The van der Waals surface area contributed by atoms with Crippen molar-refractivity contribution < 1.29 is 14.6 Å². The molecule has 0 bridgehead atoms. The summed E-state index contributed by atoms with van der Waals surface area (Å²) >= 11 is 0. The number of nitrogens with one attached hydrogen (secondary N) is 1. The third kappa shape index (κ3) is 2.32. The van der Waals surface area contributed by atoms with Gasteiger partial charge in [-0.2, -0.15) is 0 Å². The van der Waals surface area contributed by atoms with Crippen molar-refractivity contribution in [3.63, 3.8) is 0 Å². The molecule has 1 unspecified atom stereocenters. The average Bonchev–Trinajstić information content (AvgIpc) is 2.69. The molecule has 0 radical (unpaired) electrons. The van der Waals surface area contributed by atoms with E-state index in [9.17, 15) is 9.90 Å². The number of ether oxygens (including phenoxy) is 1. The molecule has 86 valence electrons. The summed E-state index contributed by atoms with van der Waals surface area (Å²) in [5.74, 6) is -0.759. The second-order valence-electron chi connectivity index (χ2n) is 4.67. The summed E-state index contributed by atoms with van der Waals surface area (Å²) < 4.78 is 5.22. The van der Waals surface area contributed by atoms with Crippen LogP contribution in [0.2, 0.25) is 0 Å². The molecule has 1 saturated heterocycles. The minimum atomic E-state index is -0.804. The van der Waals surface area contributed by atoms with Crippen molar-refractivity contribution in [3.05, 3.63) is 0 Å². The van der Waals surface area contributed by atoms with Crippen LogP contribution >= 0.6 is 0 Å². The fraction of sp³-hybridized carbons (Fsp3) is 0.909. The van der Waals surface area contributed by atoms with Crippen LogP contribution in [-0.4, -0.2) is 35.9 Å². The lowest BCUT2D eigenvalue weighted by Gasteiger charge is -2.32. The Bertz CT molecular complexity index is 230. The van der Waals surface area contributed by atoms with Gasteiger partial charge in [-0.3, -0.25) is 10.1 Å². The molecule has 1 aliphatic carbocycles. The van der Waals surface area contributed by atoms with E-state index in [1.807, 2.05) is 0 Å². The van der Waals surface area contributed by atoms with E-state index in [4.69, 9.17) is 4.74 Å². The van der Waals surface area contributed by atoms with Crippen LogP contribution < -0.4 is 5.32 Å². The summed E-state index contributed by atoms with van der Waals surface area (Å²) in [5.41, 5.74) is -0.804. The molecule has 1 heterocycles. The van der Waals surface area contributed by atoms with Crippen molar-refractivity contribution in [1.82, 2.24) is 5.32 Å². The predicted octanol–water partition coefficient (Wildman–Crippen LogP) is 1.15. The van der Waals surface area contributed by atoms with Gasteiger partial charge < -0.3 is 9.84 Å². The molecule has 1 aliphatic heterocycles. The summed E-state index contributed by atoms with van der Waals surface area (Å²) in [4.78, 5) is 11.3. The number of carbonyl (C=O) groups is 1. The van der Waals surface area contributed by atoms with Crippen LogP contribution in [0.15, 0.2) is 0 Å². The Hall–Kier alpha value is -0.610. The lowest BCUT2D eigenvalue weighted by Crippen LogP contribution is -2.56. The van der Waals surface area contributed by atoms with E-state index in [0.29, 0.717) is 25.7 Å². The lowest BCUT2D eigenvalue weighted by atomic mass is 9.91. The van der Waals surface area contributed by atoms with Gasteiger partial charge in [0.15, 0.2) is 0 Å². The quantitative estimate of drug-likeness (QED) is 0.738. The van der Waals surface area contributed by atoms with Gasteiger partial charge in [0.1, 0.15) is 5.54 Å². The van der Waals surface area contributed by atoms with Gasteiger partial charge >= 0.3 is 5.97 Å². The Kier molecular flexibility index (Phi) is 3.26. The van der Waals surface area contributed by atoms with Crippen LogP contribution in [-0.2, 0) is 9.53 Å². The molecule has 2 fully saturated rings. The molecule has 15 heavy (non-hydrogen) atoms. The van der Waals surface area contributed by atoms with E-state index >= 15 is 0 Å². The molecule has 2 rings (SSSR count). The molecule has 2 N–H and O–H groups in total. The first-order valence-corrected chi connectivity index (χ1v) is 5.82. The van der Waals surface area contributed by atoms with Crippen LogP contribution in [0.5, 0.6) is 0 Å². The molecule has 4 nitrogen and oxygen atoms in total. The van der Waals surface area contributed by atoms with Crippen molar-refractivity contribution in [2.75, 3.05) is 13.2 Å². The zero-order valence-electron chi connectivity index (χ0n) is 9.00. The van der Waals surface area contributed by atoms with Gasteiger partial charge in [-0.25, -0.2) is 0 Å². The van der Waals surface area contributed by atoms with Crippen molar-refractivity contribution >= 4 is 5.97 Å². The highest BCUT2D eigenvalue weighted by atomic mass is 16.5. The van der Waals surface area contributed by atoms with Gasteiger partial charge in [0.2, 0.25) is 0 Å². The number of carboxylic acid groups (broad SMARTS) is 1. The molecule has 4 heteroatoms. The van der Waals surface area contributed by atoms with Crippen molar-refractivity contribution in [1.29, 1.82) is 0 Å². The van der Waals surface area contributed by atoms with Crippen LogP contribution in [0.25, 0.3) is 0 Å². The monoisotopic (exact) mass is 213 g/mol. The lowest BCUT2D eigenvalue weighted by molar-refractivity contribution is -0.145. The highest BCUT2D eigenvalue weighted by Gasteiger charge is 2.43. The second kappa shape index (κ2) is 4.49. The van der Waals surface area contributed by atoms with Crippen LogP contribution in [0, 0.1) is 0 Å². The first-order valence-electron chi connectivity index (χ1n) is 5.82. The highest BCUT2D eigenvalue weighted by molar-refractivity contribution is 5.79. The molecule has 1 saturated carbocycles. The topological polar surface area (TPSA) is 58.6 Å². The maximum Gasteiger partial charge on any atom is 0.326 e. The van der Waals surface area contributed by atoms with Crippen molar-refractivity contribution in [2.45, 2.75) is 50.1 Å². The second-order valence-corrected chi connectivity index (χ2v) is 4.67. The number of rotatable bonds is 3. The minimum Gasteiger partial charge on any atom is -0.480 e. The molecule has 0 aromatic rings. The zero-order valence-corrected chi connectivity index (χ0v) is 9.00. The SMILES string of the molecule is O=C(O)C1(NC2CCCCC2)CCOC1. The van der Waals surface area contributed by atoms with Crippen LogP contribution in [0.1, 0.15) is 38.5 Å². The molecular formula is C11H19NO3. The largest absolute Gasteiger partial charge is 0.480 e. The minimum absolute atomic E-state index is 0.318. The normalized spacial score (nSPS) is 33.1. The molecule has 0 aromatic heterocycles. The number of hydrogen-bond acceptors (Lipinski definition) is 3. The van der Waals surface area contributed by atoms with E-state index in [2.05, 4.69) is 5.32 Å². The van der Waals surface area contributed by atoms with E-state index in [-0.39, 0.29) is 0 Å². The van der Waals surface area contributed by atoms with Gasteiger partial charge in [0, 0.05) is 19.1 Å². The third-order valence-electron chi connectivity index (χ3n) is 3.52. The summed E-state index contributed by atoms with van der Waals surface area (Å²) in [6, 6.07) is 0.372. The first-order chi connectivity index (χ1) is 7.23. The van der Waals surface area contributed by atoms with E-state index in [1.54, 1.807) is 0 Å². The van der Waals surface area contributed by atoms with Gasteiger partial charge in [-0.15, -0.1) is 0 Å². The molecule has 0 amide bonds. The average molecular weight is 213 g/mol. The Morgan fingerprint density at radius 3 is 2.60 bits per heavy atom. The fourth-order valence-electron chi connectivity index (χ4n) is 2.55. The van der Waals surface area contributed by atoms with E-state index in [0.717, 1.165) is 12.8 Å². The Balaban J connectivity index is 1.96. The Morgan fingerprint density at radius 1 is 1.33 bits per heavy atom. The Labute approximate surface area is 90.0 Å². The van der Waals surface area contributed by atoms with Crippen LogP contribution in [0.4, 0.5) is 0 Å². The zero-order chi connectivity index (χ0) is 10.7. The fourth-order valence-corrected chi connectivity index (χ4v) is 2.55. The van der Waals surface area contributed by atoms with Gasteiger partial charge in [-0.05, 0) is 12.8 Å². The third-order valence-corrected chi connectivity index (χ3v) is 3.52. The van der Waals surface area contributed by atoms with E-state index < -0.39 is 11.5 Å². The maximum atomic E-state index is 11.3. The van der Waals surface area contributed by atoms with Gasteiger partial charge in [-0.1, -0.05) is 19.3 Å². The first kappa shape index (κ1) is 10.9. The molecule has 1 atom stereocenters. The summed E-state index contributed by atoms with van der Waals surface area (Å²) in [5, 5.41) is 12.6. The molecule has 0 aromatic carbocycles. The van der Waals surface area contributed by atoms with Crippen molar-refractivity contribution in [3.8, 4) is 0 Å². The molecular weight excluding hydrogens is 194 g/mol. The summed E-state index contributed by atoms with van der Waals surface area (Å²) in [6.45, 7) is 0.880.